The zero-order chi connectivity index (χ0) is 14.7. The molecule has 1 unspecified atom stereocenters. The van der Waals surface area contributed by atoms with Gasteiger partial charge in [0.05, 0.1) is 12.6 Å². The smallest absolute Gasteiger partial charge is 0.194 e. The molecule has 0 aliphatic carbocycles. The first kappa shape index (κ1) is 16.9. The lowest BCUT2D eigenvalue weighted by Gasteiger charge is -2.20. The Morgan fingerprint density at radius 1 is 1.27 bits per heavy atom. The minimum absolute atomic E-state index is 0. The first-order chi connectivity index (χ1) is 10.3. The summed E-state index contributed by atoms with van der Waals surface area (Å²) < 4.78 is 2.19. The number of hydrogen-bond acceptors (Lipinski definition) is 3. The number of aliphatic imine (C=N–C) groups is 1. The van der Waals surface area contributed by atoms with Crippen molar-refractivity contribution >= 4 is 29.9 Å². The van der Waals surface area contributed by atoms with Crippen molar-refractivity contribution in [2.24, 2.45) is 4.99 Å². The van der Waals surface area contributed by atoms with Gasteiger partial charge in [-0.25, -0.2) is 0 Å². The molecular weight excluding hydrogens is 387 g/mol. The predicted octanol–water partition coefficient (Wildman–Crippen LogP) is 3.26. The van der Waals surface area contributed by atoms with Gasteiger partial charge in [0, 0.05) is 32.5 Å². The van der Waals surface area contributed by atoms with Crippen LogP contribution in [0.1, 0.15) is 24.1 Å². The number of nitrogens with one attached hydrogen (secondary N) is 1. The van der Waals surface area contributed by atoms with Crippen LogP contribution in [0.15, 0.2) is 53.8 Å². The molecule has 118 valence electrons. The van der Waals surface area contributed by atoms with E-state index in [4.69, 9.17) is 0 Å². The van der Waals surface area contributed by atoms with E-state index in [0.717, 1.165) is 25.6 Å². The van der Waals surface area contributed by atoms with E-state index in [9.17, 15) is 0 Å². The van der Waals surface area contributed by atoms with Crippen LogP contribution >= 0.6 is 24.0 Å². The maximum absolute atomic E-state index is 4.64. The molecule has 0 bridgehead atoms. The zero-order valence-corrected chi connectivity index (χ0v) is 15.4. The molecule has 4 nitrogen and oxygen atoms in total. The average Bonchev–Trinajstić information content (AvgIpc) is 3.17. The van der Waals surface area contributed by atoms with Gasteiger partial charge in [-0.1, -0.05) is 30.3 Å². The van der Waals surface area contributed by atoms with Gasteiger partial charge in [0.1, 0.15) is 0 Å². The monoisotopic (exact) mass is 410 g/mol. The predicted molar refractivity (Wildman–Crippen MR) is 102 cm³/mol. The van der Waals surface area contributed by atoms with Gasteiger partial charge in [-0.2, -0.15) is 0 Å². The molecule has 1 aliphatic heterocycles. The number of benzene rings is 1. The highest BCUT2D eigenvalue weighted by molar-refractivity contribution is 14.0. The summed E-state index contributed by atoms with van der Waals surface area (Å²) in [4.78, 5) is 6.82. The van der Waals surface area contributed by atoms with E-state index >= 15 is 0 Å². The van der Waals surface area contributed by atoms with E-state index in [1.54, 1.807) is 0 Å². The summed E-state index contributed by atoms with van der Waals surface area (Å²) in [6.07, 6.45) is 4.32. The van der Waals surface area contributed by atoms with Crippen molar-refractivity contribution in [3.8, 4) is 0 Å². The number of halogens is 1. The highest BCUT2D eigenvalue weighted by Crippen LogP contribution is 2.18. The van der Waals surface area contributed by atoms with Gasteiger partial charge in [-0.3, -0.25) is 4.99 Å². The van der Waals surface area contributed by atoms with E-state index in [2.05, 4.69) is 76.5 Å². The van der Waals surface area contributed by atoms with Crippen molar-refractivity contribution in [3.63, 3.8) is 0 Å². The molecule has 3 rings (SSSR count). The second-order valence-corrected chi connectivity index (χ2v) is 5.48. The Morgan fingerprint density at radius 2 is 2.05 bits per heavy atom. The molecule has 1 N–H and O–H groups in total. The van der Waals surface area contributed by atoms with Crippen LogP contribution in [0.4, 0.5) is 0 Å². The van der Waals surface area contributed by atoms with Crippen LogP contribution in [-0.2, 0) is 13.1 Å². The Labute approximate surface area is 149 Å². The normalized spacial score (nSPS) is 16.6. The SMILES string of the molecule is CCn1ccc(CN(C)C2=NCC(c3ccccc3)N2)c1.I. The fraction of sp³-hybridized carbons (Fsp3) is 0.353. The minimum Gasteiger partial charge on any atom is -0.354 e. The maximum Gasteiger partial charge on any atom is 0.194 e. The number of aromatic nitrogens is 1. The molecule has 5 heteroatoms. The number of aryl methyl sites for hydroxylation is 1. The lowest BCUT2D eigenvalue weighted by atomic mass is 10.1. The first-order valence-electron chi connectivity index (χ1n) is 7.48. The highest BCUT2D eigenvalue weighted by atomic mass is 127. The molecule has 0 amide bonds. The topological polar surface area (TPSA) is 32.6 Å². The average molecular weight is 410 g/mol. The van der Waals surface area contributed by atoms with Crippen LogP contribution in [0.5, 0.6) is 0 Å². The number of rotatable bonds is 4. The molecule has 0 saturated heterocycles. The van der Waals surface area contributed by atoms with Crippen molar-refractivity contribution in [1.82, 2.24) is 14.8 Å². The summed E-state index contributed by atoms with van der Waals surface area (Å²) >= 11 is 0. The van der Waals surface area contributed by atoms with Crippen LogP contribution < -0.4 is 5.32 Å². The van der Waals surface area contributed by atoms with E-state index in [1.165, 1.54) is 11.1 Å². The van der Waals surface area contributed by atoms with Crippen LogP contribution in [0.3, 0.4) is 0 Å². The fourth-order valence-corrected chi connectivity index (χ4v) is 2.66. The van der Waals surface area contributed by atoms with E-state index in [-0.39, 0.29) is 24.0 Å². The van der Waals surface area contributed by atoms with Gasteiger partial charge >= 0.3 is 0 Å². The number of guanidine groups is 1. The molecule has 0 fully saturated rings. The molecule has 2 aromatic rings. The molecule has 1 aliphatic rings. The number of hydrogen-bond donors (Lipinski definition) is 1. The van der Waals surface area contributed by atoms with Crippen LogP contribution in [0, 0.1) is 0 Å². The van der Waals surface area contributed by atoms with E-state index in [1.807, 2.05) is 6.07 Å². The maximum atomic E-state index is 4.64. The quantitative estimate of drug-likeness (QED) is 0.785. The second-order valence-electron chi connectivity index (χ2n) is 5.48. The number of nitrogens with zero attached hydrogens (tertiary/aromatic N) is 3. The Bertz CT molecular complexity index is 621. The van der Waals surface area contributed by atoms with Gasteiger partial charge in [0.25, 0.3) is 0 Å². The first-order valence-corrected chi connectivity index (χ1v) is 7.48. The molecule has 2 heterocycles. The zero-order valence-electron chi connectivity index (χ0n) is 13.1. The fourth-order valence-electron chi connectivity index (χ4n) is 2.66. The Balaban J connectivity index is 0.00000176. The molecule has 1 aromatic heterocycles. The van der Waals surface area contributed by atoms with Crippen molar-refractivity contribution in [2.75, 3.05) is 13.6 Å². The summed E-state index contributed by atoms with van der Waals surface area (Å²) in [7, 11) is 2.09. The van der Waals surface area contributed by atoms with Crippen LogP contribution in [-0.4, -0.2) is 29.0 Å². The van der Waals surface area contributed by atoms with Gasteiger partial charge in [-0.05, 0) is 24.1 Å². The molecule has 1 atom stereocenters. The molecule has 0 saturated carbocycles. The largest absolute Gasteiger partial charge is 0.354 e. The standard InChI is InChI=1S/C17H22N4.HI/c1-3-21-10-9-14(13-21)12-20(2)17-18-11-16(19-17)15-7-5-4-6-8-15;/h4-10,13,16H,3,11-12H2,1-2H3,(H,18,19);1H. The van der Waals surface area contributed by atoms with Gasteiger partial charge in [-0.15, -0.1) is 24.0 Å². The minimum atomic E-state index is 0. The lowest BCUT2D eigenvalue weighted by molar-refractivity contribution is 0.479. The molecule has 22 heavy (non-hydrogen) atoms. The second kappa shape index (κ2) is 7.67. The van der Waals surface area contributed by atoms with Crippen molar-refractivity contribution < 1.29 is 0 Å². The Morgan fingerprint density at radius 3 is 2.73 bits per heavy atom. The van der Waals surface area contributed by atoms with E-state index < -0.39 is 0 Å². The van der Waals surface area contributed by atoms with Crippen LogP contribution in [0.25, 0.3) is 0 Å². The van der Waals surface area contributed by atoms with Crippen molar-refractivity contribution in [2.45, 2.75) is 26.1 Å². The third kappa shape index (κ3) is 3.82. The van der Waals surface area contributed by atoms with Crippen molar-refractivity contribution in [1.29, 1.82) is 0 Å². The third-order valence-corrected chi connectivity index (χ3v) is 3.89. The van der Waals surface area contributed by atoms with Crippen molar-refractivity contribution in [3.05, 3.63) is 59.9 Å². The summed E-state index contributed by atoms with van der Waals surface area (Å²) in [5.74, 6) is 0.980. The van der Waals surface area contributed by atoms with Gasteiger partial charge < -0.3 is 14.8 Å². The third-order valence-electron chi connectivity index (χ3n) is 3.89. The summed E-state index contributed by atoms with van der Waals surface area (Å²) in [6, 6.07) is 13.0. The molecule has 1 aromatic carbocycles. The van der Waals surface area contributed by atoms with Crippen LogP contribution in [0.2, 0.25) is 0 Å². The lowest BCUT2D eigenvalue weighted by Crippen LogP contribution is -2.36. The molecular formula is C17H23IN4. The highest BCUT2D eigenvalue weighted by Gasteiger charge is 2.21. The Kier molecular flexibility index (Phi) is 5.88. The van der Waals surface area contributed by atoms with E-state index in [0.29, 0.717) is 6.04 Å². The van der Waals surface area contributed by atoms with Gasteiger partial charge in [0.15, 0.2) is 5.96 Å². The molecule has 0 spiro atoms. The summed E-state index contributed by atoms with van der Waals surface area (Å²) in [6.45, 7) is 4.85. The van der Waals surface area contributed by atoms with Gasteiger partial charge in [0.2, 0.25) is 0 Å². The summed E-state index contributed by atoms with van der Waals surface area (Å²) in [5.41, 5.74) is 2.61. The Hall–Kier alpha value is -1.50. The summed E-state index contributed by atoms with van der Waals surface area (Å²) in [5, 5.41) is 3.52. The molecule has 0 radical (unpaired) electrons.